The molecule has 0 radical (unpaired) electrons. The molecule has 1 saturated heterocycles. The number of carbonyl (C=O) groups excluding carboxylic acids is 2. The van der Waals surface area contributed by atoms with Crippen molar-refractivity contribution >= 4 is 39.7 Å². The Bertz CT molecular complexity index is 1570. The van der Waals surface area contributed by atoms with E-state index in [2.05, 4.69) is 4.98 Å². The maximum atomic E-state index is 14.2. The summed E-state index contributed by atoms with van der Waals surface area (Å²) >= 11 is 0. The molecule has 2 aliphatic rings. The second kappa shape index (κ2) is 8.27. The van der Waals surface area contributed by atoms with Gasteiger partial charge in [0.1, 0.15) is 23.9 Å². The zero-order valence-electron chi connectivity index (χ0n) is 19.4. The van der Waals surface area contributed by atoms with Gasteiger partial charge in [-0.15, -0.1) is 0 Å². The number of aromatic amines is 1. The van der Waals surface area contributed by atoms with Crippen LogP contribution in [0.5, 0.6) is 5.75 Å². The van der Waals surface area contributed by atoms with E-state index in [4.69, 9.17) is 4.74 Å². The summed E-state index contributed by atoms with van der Waals surface area (Å²) in [7, 11) is 1.92. The van der Waals surface area contributed by atoms with Crippen molar-refractivity contribution in [2.75, 3.05) is 30.0 Å². The predicted molar refractivity (Wildman–Crippen MR) is 135 cm³/mol. The van der Waals surface area contributed by atoms with E-state index in [9.17, 15) is 19.1 Å². The minimum absolute atomic E-state index is 0.0617. The first-order valence-corrected chi connectivity index (χ1v) is 11.5. The number of amides is 1. The van der Waals surface area contributed by atoms with Gasteiger partial charge >= 0.3 is 0 Å². The number of likely N-dealkylation sites (N-methyl/N-ethyl adjacent to an activating group) is 1. The minimum Gasteiger partial charge on any atom is -0.507 e. The fourth-order valence-corrected chi connectivity index (χ4v) is 4.99. The van der Waals surface area contributed by atoms with Crippen LogP contribution in [0.1, 0.15) is 17.2 Å². The Morgan fingerprint density at radius 2 is 1.92 bits per heavy atom. The van der Waals surface area contributed by atoms with Gasteiger partial charge in [-0.3, -0.25) is 14.5 Å². The fraction of sp³-hybridized carbons (Fsp3) is 0.143. The zero-order valence-corrected chi connectivity index (χ0v) is 19.4. The fourth-order valence-electron chi connectivity index (χ4n) is 4.99. The SMILES string of the molecule is CN1CCOc2ccc(/C(O)=C3\C(=O)C(=O)N(c4cccc(F)c4)C3c3c[nH]c4ccccc34)cc21. The number of anilines is 2. The molecule has 1 amide bonds. The molecular weight excluding hydrogens is 461 g/mol. The number of aliphatic hydroxyl groups excluding tert-OH is 1. The van der Waals surface area contributed by atoms with Crippen molar-refractivity contribution in [1.29, 1.82) is 0 Å². The predicted octanol–water partition coefficient (Wildman–Crippen LogP) is 4.76. The van der Waals surface area contributed by atoms with Crippen molar-refractivity contribution in [2.45, 2.75) is 6.04 Å². The van der Waals surface area contributed by atoms with Gasteiger partial charge in [0.2, 0.25) is 0 Å². The molecule has 0 spiro atoms. The summed E-state index contributed by atoms with van der Waals surface area (Å²) in [6.45, 7) is 1.23. The summed E-state index contributed by atoms with van der Waals surface area (Å²) in [4.78, 5) is 33.2. The van der Waals surface area contributed by atoms with Crippen LogP contribution in [-0.4, -0.2) is 42.0 Å². The molecule has 36 heavy (non-hydrogen) atoms. The van der Waals surface area contributed by atoms with Gasteiger partial charge in [-0.25, -0.2) is 4.39 Å². The Kier molecular flexibility index (Phi) is 5.03. The third-order valence-electron chi connectivity index (χ3n) is 6.77. The number of H-pyrrole nitrogens is 1. The number of para-hydroxylation sites is 1. The average Bonchev–Trinajstić information content (AvgIpc) is 3.42. The van der Waals surface area contributed by atoms with E-state index in [-0.39, 0.29) is 17.0 Å². The van der Waals surface area contributed by atoms with E-state index in [0.717, 1.165) is 16.6 Å². The van der Waals surface area contributed by atoms with Crippen molar-refractivity contribution < 1.29 is 23.8 Å². The van der Waals surface area contributed by atoms with Crippen LogP contribution >= 0.6 is 0 Å². The lowest BCUT2D eigenvalue weighted by atomic mass is 9.94. The van der Waals surface area contributed by atoms with Gasteiger partial charge in [-0.2, -0.15) is 0 Å². The number of ketones is 1. The second-order valence-corrected chi connectivity index (χ2v) is 8.89. The molecule has 180 valence electrons. The Morgan fingerprint density at radius 1 is 1.08 bits per heavy atom. The third-order valence-corrected chi connectivity index (χ3v) is 6.77. The number of halogens is 1. The molecule has 1 aromatic heterocycles. The summed E-state index contributed by atoms with van der Waals surface area (Å²) in [6.07, 6.45) is 1.72. The summed E-state index contributed by atoms with van der Waals surface area (Å²) in [5.74, 6) is -1.84. The van der Waals surface area contributed by atoms with Crippen LogP contribution in [0.3, 0.4) is 0 Å². The number of ether oxygens (including phenoxy) is 1. The number of fused-ring (bicyclic) bond motifs is 2. The van der Waals surface area contributed by atoms with Crippen LogP contribution in [0.25, 0.3) is 16.7 Å². The van der Waals surface area contributed by atoms with E-state index in [1.807, 2.05) is 36.2 Å². The summed E-state index contributed by atoms with van der Waals surface area (Å²) in [6, 6.07) is 17.2. The highest BCUT2D eigenvalue weighted by Gasteiger charge is 2.47. The first-order chi connectivity index (χ1) is 17.4. The van der Waals surface area contributed by atoms with E-state index >= 15 is 0 Å². The lowest BCUT2D eigenvalue weighted by Crippen LogP contribution is -2.29. The minimum atomic E-state index is -0.965. The molecule has 7 nitrogen and oxygen atoms in total. The molecule has 0 aliphatic carbocycles. The zero-order chi connectivity index (χ0) is 25.0. The number of hydrogen-bond acceptors (Lipinski definition) is 5. The highest BCUT2D eigenvalue weighted by Crippen LogP contribution is 2.45. The summed E-state index contributed by atoms with van der Waals surface area (Å²) in [5, 5.41) is 12.3. The lowest BCUT2D eigenvalue weighted by molar-refractivity contribution is -0.132. The molecule has 1 unspecified atom stereocenters. The number of Topliss-reactive ketones (excluding diaryl/α,β-unsaturated/α-hetero) is 1. The largest absolute Gasteiger partial charge is 0.507 e. The first-order valence-electron chi connectivity index (χ1n) is 11.5. The van der Waals surface area contributed by atoms with E-state index < -0.39 is 23.5 Å². The van der Waals surface area contributed by atoms with Crippen LogP contribution in [0.15, 0.2) is 78.5 Å². The van der Waals surface area contributed by atoms with Crippen LogP contribution < -0.4 is 14.5 Å². The molecule has 2 N–H and O–H groups in total. The maximum absolute atomic E-state index is 14.2. The monoisotopic (exact) mass is 483 g/mol. The highest BCUT2D eigenvalue weighted by atomic mass is 19.1. The molecule has 3 aromatic carbocycles. The summed E-state index contributed by atoms with van der Waals surface area (Å²) in [5.41, 5.74) is 2.75. The van der Waals surface area contributed by atoms with Crippen molar-refractivity contribution in [1.82, 2.24) is 4.98 Å². The number of nitrogens with zero attached hydrogens (tertiary/aromatic N) is 2. The molecule has 0 bridgehead atoms. The maximum Gasteiger partial charge on any atom is 0.300 e. The number of carbonyl (C=O) groups is 2. The van der Waals surface area contributed by atoms with Crippen LogP contribution in [0.2, 0.25) is 0 Å². The van der Waals surface area contributed by atoms with Gasteiger partial charge in [0.05, 0.1) is 23.8 Å². The van der Waals surface area contributed by atoms with Gasteiger partial charge in [-0.05, 0) is 42.5 Å². The van der Waals surface area contributed by atoms with Crippen molar-refractivity contribution in [3.8, 4) is 5.75 Å². The number of benzene rings is 3. The van der Waals surface area contributed by atoms with Crippen LogP contribution in [0, 0.1) is 5.82 Å². The number of aliphatic hydroxyl groups is 1. The molecule has 8 heteroatoms. The Balaban J connectivity index is 1.59. The normalized spacial score (nSPS) is 19.0. The van der Waals surface area contributed by atoms with Crippen molar-refractivity contribution in [2.24, 2.45) is 0 Å². The van der Waals surface area contributed by atoms with E-state index in [1.54, 1.807) is 30.5 Å². The third kappa shape index (κ3) is 3.33. The number of hydrogen-bond donors (Lipinski definition) is 2. The van der Waals surface area contributed by atoms with Crippen LogP contribution in [0.4, 0.5) is 15.8 Å². The van der Waals surface area contributed by atoms with Crippen LogP contribution in [-0.2, 0) is 9.59 Å². The Hall–Kier alpha value is -4.59. The topological polar surface area (TPSA) is 85.9 Å². The van der Waals surface area contributed by atoms with Gasteiger partial charge in [0.25, 0.3) is 11.7 Å². The average molecular weight is 483 g/mol. The molecule has 1 fully saturated rings. The van der Waals surface area contributed by atoms with Gasteiger partial charge in [-0.1, -0.05) is 24.3 Å². The molecule has 1 atom stereocenters. The van der Waals surface area contributed by atoms with Crippen molar-refractivity contribution in [3.05, 3.63) is 95.4 Å². The molecule has 4 aromatic rings. The Morgan fingerprint density at radius 3 is 2.75 bits per heavy atom. The molecule has 6 rings (SSSR count). The molecule has 0 saturated carbocycles. The second-order valence-electron chi connectivity index (χ2n) is 8.89. The Labute approximate surface area is 206 Å². The first kappa shape index (κ1) is 21.9. The molecule has 3 heterocycles. The summed E-state index contributed by atoms with van der Waals surface area (Å²) < 4.78 is 19.9. The van der Waals surface area contributed by atoms with Gasteiger partial charge < -0.3 is 19.7 Å². The number of rotatable bonds is 3. The smallest absolute Gasteiger partial charge is 0.300 e. The molecular formula is C28H22FN3O4. The number of nitrogens with one attached hydrogen (secondary N) is 1. The quantitative estimate of drug-likeness (QED) is 0.249. The van der Waals surface area contributed by atoms with E-state index in [0.29, 0.717) is 30.0 Å². The van der Waals surface area contributed by atoms with Gasteiger partial charge in [0.15, 0.2) is 0 Å². The van der Waals surface area contributed by atoms with E-state index in [1.165, 1.54) is 23.1 Å². The highest BCUT2D eigenvalue weighted by molar-refractivity contribution is 6.51. The standard InChI is InChI=1S/C28H22FN3O4/c1-31-11-12-36-23-10-9-16(13-22(23)31)26(33)24-25(20-15-30-21-8-3-2-7-19(20)21)32(28(35)27(24)34)18-6-4-5-17(29)14-18/h2-10,13-15,25,30,33H,11-12H2,1H3/b26-24+. The molecule has 2 aliphatic heterocycles. The lowest BCUT2D eigenvalue weighted by Gasteiger charge is -2.28. The number of aromatic nitrogens is 1. The van der Waals surface area contributed by atoms with Crippen molar-refractivity contribution in [3.63, 3.8) is 0 Å². The van der Waals surface area contributed by atoms with Gasteiger partial charge in [0, 0.05) is 41.0 Å².